The second-order valence-electron chi connectivity index (χ2n) is 11.7. The number of nitrogens with two attached hydrogens (primary N) is 1. The molecule has 42 heavy (non-hydrogen) atoms. The Bertz CT molecular complexity index is 1520. The van der Waals surface area contributed by atoms with Gasteiger partial charge in [0.2, 0.25) is 5.91 Å². The molecule has 8 nitrogen and oxygen atoms in total. The molecule has 1 atom stereocenters. The molecule has 3 aliphatic rings. The molecule has 1 aromatic heterocycles. The van der Waals surface area contributed by atoms with Crippen LogP contribution in [0.5, 0.6) is 0 Å². The average molecular weight is 577 g/mol. The van der Waals surface area contributed by atoms with Crippen LogP contribution in [0.25, 0.3) is 11.1 Å². The van der Waals surface area contributed by atoms with E-state index in [4.69, 9.17) is 5.73 Å². The summed E-state index contributed by atoms with van der Waals surface area (Å²) in [7, 11) is 1.78. The fourth-order valence-electron chi connectivity index (χ4n) is 6.93. The molecule has 1 unspecified atom stereocenters. The maximum Gasteiger partial charge on any atom is 0.315 e. The fourth-order valence-corrected chi connectivity index (χ4v) is 6.93. The minimum atomic E-state index is -2.65. The van der Waals surface area contributed by atoms with Crippen molar-refractivity contribution in [2.24, 2.45) is 12.8 Å². The first-order chi connectivity index (χ1) is 20.2. The van der Waals surface area contributed by atoms with Crippen molar-refractivity contribution in [3.8, 4) is 11.1 Å². The number of rotatable bonds is 5. The first-order valence-electron chi connectivity index (χ1n) is 14.9. The van der Waals surface area contributed by atoms with E-state index in [9.17, 15) is 18.4 Å². The van der Waals surface area contributed by atoms with Gasteiger partial charge >= 0.3 is 6.03 Å². The predicted molar refractivity (Wildman–Crippen MR) is 158 cm³/mol. The Labute approximate surface area is 245 Å². The third-order valence-corrected chi connectivity index (χ3v) is 9.16. The van der Waals surface area contributed by atoms with Crippen molar-refractivity contribution in [3.05, 3.63) is 64.5 Å². The van der Waals surface area contributed by atoms with Gasteiger partial charge in [0.25, 0.3) is 6.43 Å². The first kappa shape index (κ1) is 28.2. The van der Waals surface area contributed by atoms with Crippen LogP contribution in [0.2, 0.25) is 0 Å². The number of piperidine rings is 1. The summed E-state index contributed by atoms with van der Waals surface area (Å²) in [6.07, 6.45) is 5.28. The highest BCUT2D eigenvalue weighted by Gasteiger charge is 2.31. The van der Waals surface area contributed by atoms with Gasteiger partial charge in [-0.25, -0.2) is 13.6 Å². The Morgan fingerprint density at radius 3 is 2.55 bits per heavy atom. The lowest BCUT2D eigenvalue weighted by Crippen LogP contribution is -2.38. The lowest BCUT2D eigenvalue weighted by Gasteiger charge is -2.36. The average Bonchev–Trinajstić information content (AvgIpc) is 3.29. The normalized spacial score (nSPS) is 19.1. The van der Waals surface area contributed by atoms with E-state index < -0.39 is 12.5 Å². The Morgan fingerprint density at radius 2 is 1.86 bits per heavy atom. The number of urea groups is 1. The molecular formula is C32H38F2N6O2. The largest absolute Gasteiger partial charge is 0.351 e. The van der Waals surface area contributed by atoms with Crippen LogP contribution >= 0.6 is 0 Å². The molecule has 1 saturated heterocycles. The van der Waals surface area contributed by atoms with Gasteiger partial charge in [0.05, 0.1) is 6.20 Å². The number of anilines is 2. The van der Waals surface area contributed by atoms with Gasteiger partial charge in [-0.15, -0.1) is 0 Å². The molecular weight excluding hydrogens is 538 g/mol. The molecule has 2 N–H and O–H groups in total. The highest BCUT2D eigenvalue weighted by molar-refractivity contribution is 5.80. The number of primary amides is 1. The molecule has 0 aliphatic carbocycles. The van der Waals surface area contributed by atoms with Gasteiger partial charge in [0.15, 0.2) is 0 Å². The van der Waals surface area contributed by atoms with Crippen LogP contribution in [0, 0.1) is 0 Å². The lowest BCUT2D eigenvalue weighted by molar-refractivity contribution is -0.133. The lowest BCUT2D eigenvalue weighted by atomic mass is 9.85. The number of hydrogen-bond donors (Lipinski definition) is 1. The zero-order chi connectivity index (χ0) is 29.5. The minimum absolute atomic E-state index is 0.0211. The molecule has 10 heteroatoms. The summed E-state index contributed by atoms with van der Waals surface area (Å²) < 4.78 is 30.7. The third kappa shape index (κ3) is 5.23. The van der Waals surface area contributed by atoms with Gasteiger partial charge in [-0.05, 0) is 91.0 Å². The predicted octanol–water partition coefficient (Wildman–Crippen LogP) is 5.66. The zero-order valence-corrected chi connectivity index (χ0v) is 24.3. The van der Waals surface area contributed by atoms with Crippen LogP contribution in [-0.4, -0.2) is 57.7 Å². The van der Waals surface area contributed by atoms with Crippen molar-refractivity contribution in [1.82, 2.24) is 19.6 Å². The van der Waals surface area contributed by atoms with E-state index in [2.05, 4.69) is 22.1 Å². The van der Waals surface area contributed by atoms with Gasteiger partial charge in [-0.3, -0.25) is 9.48 Å². The fraction of sp³-hybridized carbons (Fsp3) is 0.469. The molecule has 0 saturated carbocycles. The van der Waals surface area contributed by atoms with Crippen molar-refractivity contribution < 1.29 is 18.4 Å². The van der Waals surface area contributed by atoms with Crippen molar-refractivity contribution in [3.63, 3.8) is 0 Å². The second kappa shape index (κ2) is 11.4. The number of likely N-dealkylation sites (tertiary alicyclic amines) is 1. The van der Waals surface area contributed by atoms with E-state index in [1.165, 1.54) is 0 Å². The van der Waals surface area contributed by atoms with Crippen molar-refractivity contribution >= 4 is 23.3 Å². The molecule has 0 radical (unpaired) electrons. The first-order valence-corrected chi connectivity index (χ1v) is 14.9. The molecule has 0 bridgehead atoms. The van der Waals surface area contributed by atoms with Crippen LogP contribution in [0.4, 0.5) is 25.0 Å². The van der Waals surface area contributed by atoms with E-state index in [0.717, 1.165) is 72.3 Å². The molecule has 3 amide bonds. The summed E-state index contributed by atoms with van der Waals surface area (Å²) >= 11 is 0. The molecule has 4 heterocycles. The Morgan fingerprint density at radius 1 is 1.07 bits per heavy atom. The smallest absolute Gasteiger partial charge is 0.315 e. The molecule has 6 rings (SSSR count). The number of alkyl halides is 2. The molecule has 0 spiro atoms. The quantitative estimate of drug-likeness (QED) is 0.425. The van der Waals surface area contributed by atoms with Gasteiger partial charge in [-0.2, -0.15) is 5.10 Å². The SMILES string of the molecule is CCN1CCC(c2cc3c(c(N4CCCc5cc(-c6cnn(C)c6)c(C(F)F)cc54)c2)CN(C(N)=O)CCC3)CC1=O. The van der Waals surface area contributed by atoms with Crippen molar-refractivity contribution in [2.45, 2.75) is 64.3 Å². The molecule has 2 aromatic carbocycles. The maximum absolute atomic E-state index is 14.6. The topological polar surface area (TPSA) is 87.7 Å². The molecule has 3 aliphatic heterocycles. The maximum atomic E-state index is 14.6. The highest BCUT2D eigenvalue weighted by Crippen LogP contribution is 2.44. The second-order valence-corrected chi connectivity index (χ2v) is 11.7. The number of aromatic nitrogens is 2. The van der Waals surface area contributed by atoms with Gasteiger partial charge in [0.1, 0.15) is 0 Å². The van der Waals surface area contributed by atoms with Gasteiger partial charge in [0, 0.05) is 74.9 Å². The zero-order valence-electron chi connectivity index (χ0n) is 24.3. The number of carbonyl (C=O) groups excluding carboxylic acids is 2. The van der Waals surface area contributed by atoms with E-state index in [1.54, 1.807) is 35.1 Å². The highest BCUT2D eigenvalue weighted by atomic mass is 19.3. The number of nitrogens with zero attached hydrogens (tertiary/aromatic N) is 5. The summed E-state index contributed by atoms with van der Waals surface area (Å²) in [5.74, 6) is 0.256. The molecule has 1 fully saturated rings. The van der Waals surface area contributed by atoms with Crippen molar-refractivity contribution in [2.75, 3.05) is 31.1 Å². The minimum Gasteiger partial charge on any atom is -0.351 e. The molecule has 3 aromatic rings. The van der Waals surface area contributed by atoms with E-state index in [1.807, 2.05) is 17.9 Å². The van der Waals surface area contributed by atoms with Crippen molar-refractivity contribution in [1.29, 1.82) is 0 Å². The van der Waals surface area contributed by atoms with Crippen LogP contribution in [-0.2, 0) is 31.2 Å². The van der Waals surface area contributed by atoms with Gasteiger partial charge in [-0.1, -0.05) is 6.07 Å². The van der Waals surface area contributed by atoms with Crippen LogP contribution in [0.3, 0.4) is 0 Å². The summed E-state index contributed by atoms with van der Waals surface area (Å²) in [4.78, 5) is 30.9. The number of carbonyl (C=O) groups is 2. The number of hydrogen-bond acceptors (Lipinski definition) is 4. The Kier molecular flexibility index (Phi) is 7.64. The summed E-state index contributed by atoms with van der Waals surface area (Å²) in [5, 5.41) is 4.21. The third-order valence-electron chi connectivity index (χ3n) is 9.16. The Hall–Kier alpha value is -3.95. The van der Waals surface area contributed by atoms with Gasteiger partial charge < -0.3 is 20.4 Å². The number of amides is 3. The standard InChI is InChI=1S/C32H38F2N6O2/c1-3-38-11-8-20(15-30(38)41)23-12-21-6-4-9-39(32(35)42)19-27(21)29(14-23)40-10-5-7-22-13-25(24-17-36-37(2)18-24)26(31(33)34)16-28(22)40/h12-14,16-18,20,31H,3-11,15,19H2,1-2H3,(H2,35,42). The van der Waals surface area contributed by atoms with E-state index in [-0.39, 0.29) is 17.4 Å². The van der Waals surface area contributed by atoms with E-state index >= 15 is 0 Å². The van der Waals surface area contributed by atoms with E-state index in [0.29, 0.717) is 43.7 Å². The van der Waals surface area contributed by atoms with Crippen LogP contribution in [0.15, 0.2) is 36.7 Å². The number of fused-ring (bicyclic) bond motifs is 2. The molecule has 222 valence electrons. The summed E-state index contributed by atoms with van der Waals surface area (Å²) in [6.45, 7) is 5.04. The number of benzene rings is 2. The van der Waals surface area contributed by atoms with Crippen LogP contribution in [0.1, 0.15) is 72.8 Å². The monoisotopic (exact) mass is 576 g/mol. The summed E-state index contributed by atoms with van der Waals surface area (Å²) in [5.41, 5.74) is 12.9. The van der Waals surface area contributed by atoms with Crippen LogP contribution < -0.4 is 10.6 Å². The summed E-state index contributed by atoms with van der Waals surface area (Å²) in [6, 6.07) is 7.44. The number of aryl methyl sites for hydroxylation is 3. The Balaban J connectivity index is 1.48. The number of halogens is 2.